The molecule has 0 atom stereocenters. The second-order valence-corrected chi connectivity index (χ2v) is 6.04. The Kier molecular flexibility index (Phi) is 3.81. The van der Waals surface area contributed by atoms with Crippen LogP contribution in [0.2, 0.25) is 0 Å². The number of benzene rings is 3. The van der Waals surface area contributed by atoms with Gasteiger partial charge in [-0.3, -0.25) is 9.59 Å². The summed E-state index contributed by atoms with van der Waals surface area (Å²) in [6, 6.07) is 13.0. The van der Waals surface area contributed by atoms with E-state index in [-0.39, 0.29) is 5.78 Å². The molecule has 0 saturated carbocycles. The van der Waals surface area contributed by atoms with Crippen LogP contribution in [0, 0.1) is 0 Å². The van der Waals surface area contributed by atoms with Gasteiger partial charge in [0.25, 0.3) is 0 Å². The zero-order valence-corrected chi connectivity index (χ0v) is 14.4. The van der Waals surface area contributed by atoms with Crippen molar-refractivity contribution in [2.75, 3.05) is 14.2 Å². The highest BCUT2D eigenvalue weighted by atomic mass is 16.5. The number of hydrogen-bond acceptors (Lipinski definition) is 4. The molecule has 4 heteroatoms. The Bertz CT molecular complexity index is 1090. The maximum Gasteiger partial charge on any atom is 0.186 e. The molecule has 3 aromatic carbocycles. The molecule has 1 aliphatic rings. The fourth-order valence-electron chi connectivity index (χ4n) is 3.52. The Morgan fingerprint density at radius 3 is 2.50 bits per heavy atom. The van der Waals surface area contributed by atoms with Gasteiger partial charge in [-0.2, -0.15) is 0 Å². The van der Waals surface area contributed by atoms with E-state index in [4.69, 9.17) is 9.47 Å². The average molecular weight is 344 g/mol. The minimum absolute atomic E-state index is 0.115. The highest BCUT2D eigenvalue weighted by Crippen LogP contribution is 2.43. The Morgan fingerprint density at radius 1 is 0.923 bits per heavy atom. The lowest BCUT2D eigenvalue weighted by molar-refractivity contribution is 0.104. The number of hydrogen-bond donors (Lipinski definition) is 0. The van der Waals surface area contributed by atoms with E-state index >= 15 is 0 Å². The molecule has 26 heavy (non-hydrogen) atoms. The van der Waals surface area contributed by atoms with Gasteiger partial charge < -0.3 is 9.47 Å². The fraction of sp³-hybridized carbons (Fsp3) is 0.0909. The van der Waals surface area contributed by atoms with Crippen molar-refractivity contribution < 1.29 is 19.1 Å². The van der Waals surface area contributed by atoms with Crippen LogP contribution in [0.5, 0.6) is 11.5 Å². The lowest BCUT2D eigenvalue weighted by Crippen LogP contribution is -2.06. The lowest BCUT2D eigenvalue weighted by Gasteiger charge is -2.20. The number of allylic oxidation sites excluding steroid dienone is 1. The van der Waals surface area contributed by atoms with Crippen LogP contribution in [0.1, 0.15) is 26.3 Å². The van der Waals surface area contributed by atoms with Crippen molar-refractivity contribution >= 4 is 28.9 Å². The number of ether oxygens (including phenoxy) is 2. The van der Waals surface area contributed by atoms with Crippen LogP contribution in [0.3, 0.4) is 0 Å². The monoisotopic (exact) mass is 344 g/mol. The summed E-state index contributed by atoms with van der Waals surface area (Å²) in [6.07, 6.45) is 4.11. The average Bonchev–Trinajstić information content (AvgIpc) is 2.69. The predicted octanol–water partition coefficient (Wildman–Crippen LogP) is 4.55. The number of methoxy groups -OCH3 is 2. The van der Waals surface area contributed by atoms with Crippen molar-refractivity contribution in [3.8, 4) is 22.6 Å². The second-order valence-electron chi connectivity index (χ2n) is 6.04. The first-order valence-corrected chi connectivity index (χ1v) is 8.17. The summed E-state index contributed by atoms with van der Waals surface area (Å²) in [6.45, 7) is 0. The smallest absolute Gasteiger partial charge is 0.186 e. The van der Waals surface area contributed by atoms with Gasteiger partial charge in [0.1, 0.15) is 11.5 Å². The second kappa shape index (κ2) is 6.15. The summed E-state index contributed by atoms with van der Waals surface area (Å²) in [5.41, 5.74) is 3.46. The van der Waals surface area contributed by atoms with Crippen LogP contribution in [-0.2, 0) is 0 Å². The van der Waals surface area contributed by atoms with E-state index in [2.05, 4.69) is 0 Å². The van der Waals surface area contributed by atoms with Gasteiger partial charge in [0.15, 0.2) is 12.1 Å². The van der Waals surface area contributed by atoms with Gasteiger partial charge in [0.05, 0.1) is 14.2 Å². The molecule has 1 aliphatic carbocycles. The van der Waals surface area contributed by atoms with Crippen LogP contribution in [0.4, 0.5) is 0 Å². The van der Waals surface area contributed by atoms with E-state index < -0.39 is 0 Å². The van der Waals surface area contributed by atoms with Crippen molar-refractivity contribution in [2.45, 2.75) is 0 Å². The minimum Gasteiger partial charge on any atom is -0.497 e. The molecule has 4 nitrogen and oxygen atoms in total. The van der Waals surface area contributed by atoms with Gasteiger partial charge in [0, 0.05) is 27.5 Å². The third-order valence-electron chi connectivity index (χ3n) is 4.69. The largest absolute Gasteiger partial charge is 0.497 e. The number of rotatable bonds is 4. The van der Waals surface area contributed by atoms with Crippen molar-refractivity contribution in [1.82, 2.24) is 0 Å². The standard InChI is InChI=1S/C22H16O4/c1-25-16-5-3-4-14(10-16)20-15(12-23)11-17-18(24)8-6-13-7-9-19(26-2)22(20)21(13)17/h3-12H,1-2H3. The Labute approximate surface area is 150 Å². The molecule has 3 aromatic rings. The highest BCUT2D eigenvalue weighted by molar-refractivity contribution is 6.24. The van der Waals surface area contributed by atoms with Gasteiger partial charge in [-0.25, -0.2) is 0 Å². The van der Waals surface area contributed by atoms with Crippen LogP contribution < -0.4 is 9.47 Å². The molecule has 0 saturated heterocycles. The first-order chi connectivity index (χ1) is 12.7. The first kappa shape index (κ1) is 16.1. The molecule has 0 aliphatic heterocycles. The Balaban J connectivity index is 2.21. The summed E-state index contributed by atoms with van der Waals surface area (Å²) in [7, 11) is 3.18. The molecule has 4 rings (SSSR count). The SMILES string of the molecule is COc1cccc(-c2c(C=O)cc3c4c(ccc(OC)c24)C=CC3=O)c1. The summed E-state index contributed by atoms with van der Waals surface area (Å²) < 4.78 is 10.9. The molecule has 128 valence electrons. The molecule has 0 spiro atoms. The van der Waals surface area contributed by atoms with E-state index in [9.17, 15) is 9.59 Å². The highest BCUT2D eigenvalue weighted by Gasteiger charge is 2.23. The lowest BCUT2D eigenvalue weighted by atomic mass is 9.84. The molecule has 0 N–H and O–H groups in total. The van der Waals surface area contributed by atoms with Crippen molar-refractivity contribution in [1.29, 1.82) is 0 Å². The third kappa shape index (κ3) is 2.30. The normalized spacial score (nSPS) is 12.3. The zero-order valence-electron chi connectivity index (χ0n) is 14.4. The molecular formula is C22H16O4. The van der Waals surface area contributed by atoms with E-state index in [1.807, 2.05) is 36.4 Å². The summed E-state index contributed by atoms with van der Waals surface area (Å²) in [4.78, 5) is 24.3. The van der Waals surface area contributed by atoms with E-state index in [0.717, 1.165) is 33.7 Å². The number of ketones is 1. The topological polar surface area (TPSA) is 52.6 Å². The third-order valence-corrected chi connectivity index (χ3v) is 4.69. The van der Waals surface area contributed by atoms with Gasteiger partial charge >= 0.3 is 0 Å². The summed E-state index contributed by atoms with van der Waals surface area (Å²) in [5, 5.41) is 1.57. The zero-order chi connectivity index (χ0) is 18.3. The summed E-state index contributed by atoms with van der Waals surface area (Å²) in [5.74, 6) is 1.19. The van der Waals surface area contributed by atoms with Gasteiger partial charge in [-0.15, -0.1) is 0 Å². The maximum absolute atomic E-state index is 12.4. The molecular weight excluding hydrogens is 328 g/mol. The van der Waals surface area contributed by atoms with E-state index in [1.54, 1.807) is 26.4 Å². The van der Waals surface area contributed by atoms with E-state index in [0.29, 0.717) is 22.6 Å². The van der Waals surface area contributed by atoms with Gasteiger partial charge in [0.2, 0.25) is 0 Å². The van der Waals surface area contributed by atoms with E-state index in [1.165, 1.54) is 6.08 Å². The molecule has 0 heterocycles. The maximum atomic E-state index is 12.4. The first-order valence-electron chi connectivity index (χ1n) is 8.17. The van der Waals surface area contributed by atoms with Crippen molar-refractivity contribution in [2.24, 2.45) is 0 Å². The van der Waals surface area contributed by atoms with Crippen LogP contribution in [0.15, 0.2) is 48.5 Å². The molecule has 0 amide bonds. The fourth-order valence-corrected chi connectivity index (χ4v) is 3.52. The Morgan fingerprint density at radius 2 is 1.77 bits per heavy atom. The summed E-state index contributed by atoms with van der Waals surface area (Å²) >= 11 is 0. The molecule has 0 bridgehead atoms. The van der Waals surface area contributed by atoms with Crippen LogP contribution >= 0.6 is 0 Å². The predicted molar refractivity (Wildman–Crippen MR) is 101 cm³/mol. The molecule has 0 unspecified atom stereocenters. The number of aldehydes is 1. The minimum atomic E-state index is -0.115. The quantitative estimate of drug-likeness (QED) is 0.652. The van der Waals surface area contributed by atoms with Crippen molar-refractivity contribution in [3.63, 3.8) is 0 Å². The molecule has 0 radical (unpaired) electrons. The number of carbonyl (C=O) groups excluding carboxylic acids is 2. The van der Waals surface area contributed by atoms with Gasteiger partial charge in [-0.1, -0.05) is 24.3 Å². The molecule has 0 fully saturated rings. The molecule has 0 aromatic heterocycles. The van der Waals surface area contributed by atoms with Crippen LogP contribution in [-0.4, -0.2) is 26.3 Å². The Hall–Kier alpha value is -3.40. The number of carbonyl (C=O) groups is 2. The van der Waals surface area contributed by atoms with Crippen molar-refractivity contribution in [3.05, 3.63) is 65.2 Å². The van der Waals surface area contributed by atoms with Crippen LogP contribution in [0.25, 0.3) is 28.0 Å². The van der Waals surface area contributed by atoms with Gasteiger partial charge in [-0.05, 0) is 41.5 Å².